The van der Waals surface area contributed by atoms with Gasteiger partial charge >= 0.3 is 39.5 Å². The predicted molar refractivity (Wildman–Crippen MR) is 331 cm³/mol. The molecule has 0 saturated heterocycles. The maximum atomic E-state index is 13.0. The van der Waals surface area contributed by atoms with Crippen molar-refractivity contribution in [1.82, 2.24) is 0 Å². The number of aliphatic hydroxyl groups excluding tert-OH is 1. The average molecular weight is 1230 g/mol. The second-order valence-corrected chi connectivity index (χ2v) is 26.5. The summed E-state index contributed by atoms with van der Waals surface area (Å²) in [4.78, 5) is 72.1. The molecule has 0 aromatic rings. The van der Waals surface area contributed by atoms with Gasteiger partial charge in [0.2, 0.25) is 0 Å². The molecule has 0 aromatic carbocycles. The van der Waals surface area contributed by atoms with Crippen LogP contribution in [0.2, 0.25) is 0 Å². The summed E-state index contributed by atoms with van der Waals surface area (Å²) < 4.78 is 67.9. The van der Waals surface area contributed by atoms with E-state index >= 15 is 0 Å². The highest BCUT2D eigenvalue weighted by Crippen LogP contribution is 2.45. The van der Waals surface area contributed by atoms with Gasteiger partial charge in [0.15, 0.2) is 12.2 Å². The van der Waals surface area contributed by atoms with Crippen LogP contribution in [0, 0.1) is 5.92 Å². The Kier molecular flexibility index (Phi) is 56.4. The Morgan fingerprint density at radius 2 is 0.554 bits per heavy atom. The summed E-state index contributed by atoms with van der Waals surface area (Å²) in [6, 6.07) is 0. The molecule has 0 fully saturated rings. The minimum absolute atomic E-state index is 0.106. The van der Waals surface area contributed by atoms with Gasteiger partial charge in [0, 0.05) is 25.7 Å². The van der Waals surface area contributed by atoms with Crippen LogP contribution in [-0.2, 0) is 65.4 Å². The van der Waals surface area contributed by atoms with Crippen LogP contribution in [0.1, 0.15) is 324 Å². The number of phosphoric ester groups is 2. The van der Waals surface area contributed by atoms with Crippen molar-refractivity contribution in [3.8, 4) is 0 Å². The lowest BCUT2D eigenvalue weighted by atomic mass is 10.0. The van der Waals surface area contributed by atoms with Crippen molar-refractivity contribution in [2.75, 3.05) is 39.6 Å². The molecular weight excluding hydrogens is 1100 g/mol. The van der Waals surface area contributed by atoms with Gasteiger partial charge in [-0.05, 0) is 31.6 Å². The molecule has 3 N–H and O–H groups in total. The standard InChI is InChI=1S/C64H124O17P2/c1-6-9-12-15-18-20-22-25-29-33-38-43-48-62(67)75-54-60(81-64(69)50-45-40-35-30-26-23-24-27-32-36-41-46-57(4)5)56-79-83(72,73)77-52-58(65)51-76-82(70,71)78-55-59(53-74-61(66)47-42-37-31-17-14-11-8-3)80-63(68)49-44-39-34-28-21-19-16-13-10-7-2/h57-60,65H,6-56H2,1-5H3,(H,70,71)(H,72,73)/t58-,59+,60+/m0/s1. The van der Waals surface area contributed by atoms with Gasteiger partial charge in [0.05, 0.1) is 26.4 Å². The first-order valence-electron chi connectivity index (χ1n) is 33.6. The summed E-state index contributed by atoms with van der Waals surface area (Å²) in [5.74, 6) is -1.37. The zero-order chi connectivity index (χ0) is 61.3. The Balaban J connectivity index is 5.21. The third kappa shape index (κ3) is 58.8. The van der Waals surface area contributed by atoms with Gasteiger partial charge in [-0.2, -0.15) is 0 Å². The zero-order valence-electron chi connectivity index (χ0n) is 53.3. The smallest absolute Gasteiger partial charge is 0.462 e. The SMILES string of the molecule is CCCCCCCCCCCCCCC(=O)OC[C@H](COP(=O)(O)OC[C@@H](O)COP(=O)(O)OC[C@@H](COC(=O)CCCCCCCCC)OC(=O)CCCCCCCCCCCC)OC(=O)CCCCCCCCCCCCCC(C)C. The van der Waals surface area contributed by atoms with Crippen molar-refractivity contribution in [1.29, 1.82) is 0 Å². The van der Waals surface area contributed by atoms with E-state index < -0.39 is 97.5 Å². The van der Waals surface area contributed by atoms with Gasteiger partial charge in [0.25, 0.3) is 0 Å². The molecule has 492 valence electrons. The van der Waals surface area contributed by atoms with Crippen LogP contribution in [0.15, 0.2) is 0 Å². The second-order valence-electron chi connectivity index (χ2n) is 23.6. The third-order valence-electron chi connectivity index (χ3n) is 14.8. The maximum Gasteiger partial charge on any atom is 0.472 e. The molecule has 0 rings (SSSR count). The summed E-state index contributed by atoms with van der Waals surface area (Å²) in [5, 5.41) is 10.5. The highest BCUT2D eigenvalue weighted by atomic mass is 31.2. The Hall–Kier alpha value is -1.94. The molecule has 83 heavy (non-hydrogen) atoms. The van der Waals surface area contributed by atoms with E-state index in [4.69, 9.17) is 37.0 Å². The number of esters is 4. The molecule has 0 radical (unpaired) electrons. The van der Waals surface area contributed by atoms with Crippen LogP contribution in [0.4, 0.5) is 0 Å². The molecule has 0 aliphatic carbocycles. The van der Waals surface area contributed by atoms with Crippen LogP contribution in [-0.4, -0.2) is 96.7 Å². The summed E-state index contributed by atoms with van der Waals surface area (Å²) in [6.07, 6.45) is 41.7. The van der Waals surface area contributed by atoms with E-state index in [0.717, 1.165) is 109 Å². The number of hydrogen-bond donors (Lipinski definition) is 3. The third-order valence-corrected chi connectivity index (χ3v) is 16.7. The molecule has 19 heteroatoms. The van der Waals surface area contributed by atoms with Gasteiger partial charge in [-0.1, -0.05) is 272 Å². The topological polar surface area (TPSA) is 237 Å². The maximum absolute atomic E-state index is 13.0. The first-order valence-corrected chi connectivity index (χ1v) is 36.6. The molecule has 0 amide bonds. The van der Waals surface area contributed by atoms with E-state index in [0.29, 0.717) is 25.7 Å². The number of hydrogen-bond acceptors (Lipinski definition) is 15. The molecule has 0 spiro atoms. The van der Waals surface area contributed by atoms with Crippen molar-refractivity contribution in [2.24, 2.45) is 5.92 Å². The average Bonchev–Trinajstić information content (AvgIpc) is 3.52. The monoisotopic (exact) mass is 1230 g/mol. The quantitative estimate of drug-likeness (QED) is 0.0222. The second kappa shape index (κ2) is 57.8. The van der Waals surface area contributed by atoms with Crippen molar-refractivity contribution in [3.05, 3.63) is 0 Å². The zero-order valence-corrected chi connectivity index (χ0v) is 55.1. The number of carbonyl (C=O) groups is 4. The Morgan fingerprint density at radius 1 is 0.325 bits per heavy atom. The molecule has 0 aliphatic heterocycles. The van der Waals surface area contributed by atoms with E-state index in [9.17, 15) is 43.2 Å². The van der Waals surface area contributed by atoms with Crippen molar-refractivity contribution in [2.45, 2.75) is 342 Å². The van der Waals surface area contributed by atoms with Crippen LogP contribution >= 0.6 is 15.6 Å². The highest BCUT2D eigenvalue weighted by molar-refractivity contribution is 7.47. The minimum atomic E-state index is -4.94. The van der Waals surface area contributed by atoms with Crippen LogP contribution in [0.3, 0.4) is 0 Å². The van der Waals surface area contributed by atoms with Gasteiger partial charge in [-0.3, -0.25) is 37.3 Å². The minimum Gasteiger partial charge on any atom is -0.462 e. The predicted octanol–water partition coefficient (Wildman–Crippen LogP) is 17.8. The lowest BCUT2D eigenvalue weighted by molar-refractivity contribution is -0.161. The number of unbranched alkanes of at least 4 members (excludes halogenated alkanes) is 36. The molecule has 0 aliphatic rings. The number of rotatable bonds is 64. The molecular formula is C64H124O17P2. The van der Waals surface area contributed by atoms with Gasteiger partial charge in [-0.25, -0.2) is 9.13 Å². The Bertz CT molecular complexity index is 1620. The molecule has 5 atom stereocenters. The molecule has 0 saturated carbocycles. The van der Waals surface area contributed by atoms with Crippen molar-refractivity contribution in [3.63, 3.8) is 0 Å². The molecule has 0 heterocycles. The summed E-state index contributed by atoms with van der Waals surface area (Å²) in [7, 11) is -9.88. The first-order chi connectivity index (χ1) is 40.0. The molecule has 17 nitrogen and oxygen atoms in total. The lowest BCUT2D eigenvalue weighted by Crippen LogP contribution is -2.30. The summed E-state index contributed by atoms with van der Waals surface area (Å²) in [5.41, 5.74) is 0. The molecule has 2 unspecified atom stereocenters. The highest BCUT2D eigenvalue weighted by Gasteiger charge is 2.30. The Labute approximate surface area is 505 Å². The fraction of sp³-hybridized carbons (Fsp3) is 0.938. The first kappa shape index (κ1) is 81.1. The van der Waals surface area contributed by atoms with Crippen LogP contribution in [0.5, 0.6) is 0 Å². The number of carbonyl (C=O) groups excluding carboxylic acids is 4. The van der Waals surface area contributed by atoms with Gasteiger partial charge < -0.3 is 33.8 Å². The molecule has 0 aromatic heterocycles. The van der Waals surface area contributed by atoms with Crippen molar-refractivity contribution >= 4 is 39.5 Å². The van der Waals surface area contributed by atoms with Crippen LogP contribution < -0.4 is 0 Å². The number of ether oxygens (including phenoxy) is 4. The Morgan fingerprint density at radius 3 is 0.819 bits per heavy atom. The van der Waals surface area contributed by atoms with E-state index in [1.54, 1.807) is 0 Å². The fourth-order valence-electron chi connectivity index (χ4n) is 9.58. The summed E-state index contributed by atoms with van der Waals surface area (Å²) in [6.45, 7) is 7.15. The largest absolute Gasteiger partial charge is 0.472 e. The molecule has 0 bridgehead atoms. The van der Waals surface area contributed by atoms with E-state index in [-0.39, 0.29) is 25.7 Å². The van der Waals surface area contributed by atoms with Gasteiger partial charge in [0.1, 0.15) is 19.3 Å². The number of aliphatic hydroxyl groups is 1. The van der Waals surface area contributed by atoms with Crippen LogP contribution in [0.25, 0.3) is 0 Å². The lowest BCUT2D eigenvalue weighted by Gasteiger charge is -2.21. The number of phosphoric acid groups is 2. The van der Waals surface area contributed by atoms with Crippen molar-refractivity contribution < 1.29 is 80.2 Å². The van der Waals surface area contributed by atoms with Gasteiger partial charge in [-0.15, -0.1) is 0 Å². The fourth-order valence-corrected chi connectivity index (χ4v) is 11.2. The van der Waals surface area contributed by atoms with E-state index in [2.05, 4.69) is 34.6 Å². The van der Waals surface area contributed by atoms with E-state index in [1.165, 1.54) is 135 Å². The van der Waals surface area contributed by atoms with E-state index in [1.807, 2.05) is 0 Å². The normalized spacial score (nSPS) is 14.2. The summed E-state index contributed by atoms with van der Waals surface area (Å²) >= 11 is 0.